The summed E-state index contributed by atoms with van der Waals surface area (Å²) < 4.78 is 0.629. The van der Waals surface area contributed by atoms with Gasteiger partial charge in [-0.1, -0.05) is 35.9 Å². The largest absolute Gasteiger partial charge is 0.396 e. The van der Waals surface area contributed by atoms with Crippen molar-refractivity contribution < 1.29 is 14.7 Å². The first-order chi connectivity index (χ1) is 12.5. The number of hydrogen-bond acceptors (Lipinski definition) is 3. The molecule has 2 rings (SSSR count). The molecule has 26 heavy (non-hydrogen) atoms. The van der Waals surface area contributed by atoms with Crippen LogP contribution in [0.15, 0.2) is 58.7 Å². The van der Waals surface area contributed by atoms with E-state index < -0.39 is 11.8 Å². The van der Waals surface area contributed by atoms with Gasteiger partial charge in [0, 0.05) is 22.6 Å². The number of aliphatic hydroxyl groups is 1. The third-order valence-corrected chi connectivity index (χ3v) is 4.36. The minimum atomic E-state index is -0.436. The lowest BCUT2D eigenvalue weighted by Crippen LogP contribution is -2.35. The first kappa shape index (κ1) is 20.2. The molecule has 5 nitrogen and oxygen atoms in total. The molecule has 3 N–H and O–H groups in total. The van der Waals surface area contributed by atoms with Crippen molar-refractivity contribution in [1.29, 1.82) is 0 Å². The monoisotopic (exact) mass is 436 g/mol. The molecule has 136 valence electrons. The van der Waals surface area contributed by atoms with Crippen molar-refractivity contribution in [3.63, 3.8) is 0 Å². The van der Waals surface area contributed by atoms with Crippen LogP contribution in [0.2, 0.25) is 5.02 Å². The Morgan fingerprint density at radius 1 is 1.12 bits per heavy atom. The van der Waals surface area contributed by atoms with Gasteiger partial charge in [0.05, 0.1) is 5.56 Å². The van der Waals surface area contributed by atoms with Gasteiger partial charge in [-0.2, -0.15) is 0 Å². The summed E-state index contributed by atoms with van der Waals surface area (Å²) in [5.74, 6) is -0.844. The molecule has 7 heteroatoms. The smallest absolute Gasteiger partial charge is 0.267 e. The zero-order valence-corrected chi connectivity index (χ0v) is 16.2. The fourth-order valence-corrected chi connectivity index (χ4v) is 2.69. The average Bonchev–Trinajstić information content (AvgIpc) is 2.63. The number of rotatable bonds is 7. The van der Waals surface area contributed by atoms with Crippen molar-refractivity contribution in [2.75, 3.05) is 13.2 Å². The Bertz CT molecular complexity index is 807. The fourth-order valence-electron chi connectivity index (χ4n) is 2.10. The van der Waals surface area contributed by atoms with Crippen molar-refractivity contribution >= 4 is 45.4 Å². The first-order valence-corrected chi connectivity index (χ1v) is 9.10. The minimum Gasteiger partial charge on any atom is -0.396 e. The van der Waals surface area contributed by atoms with Gasteiger partial charge in [-0.3, -0.25) is 9.59 Å². The third-order valence-electron chi connectivity index (χ3n) is 3.41. The molecule has 0 unspecified atom stereocenters. The third kappa shape index (κ3) is 5.98. The molecule has 0 atom stereocenters. The van der Waals surface area contributed by atoms with Gasteiger partial charge in [0.15, 0.2) is 0 Å². The highest BCUT2D eigenvalue weighted by Gasteiger charge is 2.16. The van der Waals surface area contributed by atoms with Gasteiger partial charge in [0.2, 0.25) is 0 Å². The maximum atomic E-state index is 12.5. The summed E-state index contributed by atoms with van der Waals surface area (Å²) >= 11 is 9.21. The Labute approximate surface area is 165 Å². The van der Waals surface area contributed by atoms with Crippen LogP contribution in [0, 0.1) is 0 Å². The van der Waals surface area contributed by atoms with Crippen LogP contribution in [-0.2, 0) is 4.79 Å². The van der Waals surface area contributed by atoms with Crippen LogP contribution in [0.5, 0.6) is 0 Å². The van der Waals surface area contributed by atoms with E-state index in [1.54, 1.807) is 54.6 Å². The number of carbonyl (C=O) groups excluding carboxylic acids is 2. The van der Waals surface area contributed by atoms with Crippen LogP contribution < -0.4 is 10.6 Å². The SMILES string of the molecule is O=C(NCCCO)C(=Cc1ccc(Cl)cc1)NC(=O)c1ccccc1Br. The number of nitrogens with one attached hydrogen (secondary N) is 2. The van der Waals surface area contributed by atoms with Crippen LogP contribution in [0.4, 0.5) is 0 Å². The second-order valence-corrected chi connectivity index (χ2v) is 6.67. The van der Waals surface area contributed by atoms with E-state index in [9.17, 15) is 9.59 Å². The molecule has 2 aromatic rings. The summed E-state index contributed by atoms with van der Waals surface area (Å²) in [4.78, 5) is 25.0. The van der Waals surface area contributed by atoms with E-state index in [0.717, 1.165) is 0 Å². The molecule has 0 aliphatic heterocycles. The predicted molar refractivity (Wildman–Crippen MR) is 106 cm³/mol. The molecule has 0 aliphatic carbocycles. The molecule has 0 spiro atoms. The maximum absolute atomic E-state index is 12.5. The highest BCUT2D eigenvalue weighted by Crippen LogP contribution is 2.17. The molecular weight excluding hydrogens is 420 g/mol. The molecular formula is C19H18BrClN2O3. The summed E-state index contributed by atoms with van der Waals surface area (Å²) in [6.45, 7) is 0.276. The van der Waals surface area contributed by atoms with Gasteiger partial charge in [0.1, 0.15) is 5.70 Å². The molecule has 2 aromatic carbocycles. The van der Waals surface area contributed by atoms with Crippen LogP contribution in [0.25, 0.3) is 6.08 Å². The lowest BCUT2D eigenvalue weighted by Gasteiger charge is -2.12. The van der Waals surface area contributed by atoms with E-state index in [1.165, 1.54) is 0 Å². The van der Waals surface area contributed by atoms with Crippen LogP contribution in [0.1, 0.15) is 22.3 Å². The van der Waals surface area contributed by atoms with Crippen molar-refractivity contribution in [3.8, 4) is 0 Å². The van der Waals surface area contributed by atoms with E-state index in [1.807, 2.05) is 0 Å². The Morgan fingerprint density at radius 2 is 1.81 bits per heavy atom. The number of amides is 2. The molecule has 0 aromatic heterocycles. The number of aliphatic hydroxyl groups excluding tert-OH is 1. The highest BCUT2D eigenvalue weighted by molar-refractivity contribution is 9.10. The predicted octanol–water partition coefficient (Wildman–Crippen LogP) is 3.37. The molecule has 0 radical (unpaired) electrons. The van der Waals surface area contributed by atoms with E-state index in [4.69, 9.17) is 16.7 Å². The lowest BCUT2D eigenvalue weighted by molar-refractivity contribution is -0.117. The van der Waals surface area contributed by atoms with Crippen LogP contribution in [-0.4, -0.2) is 30.1 Å². The molecule has 0 heterocycles. The number of benzene rings is 2. The number of hydrogen-bond donors (Lipinski definition) is 3. The van der Waals surface area contributed by atoms with Crippen LogP contribution in [0.3, 0.4) is 0 Å². The van der Waals surface area contributed by atoms with E-state index >= 15 is 0 Å². The molecule has 0 saturated heterocycles. The van der Waals surface area contributed by atoms with Gasteiger partial charge in [0.25, 0.3) is 11.8 Å². The molecule has 0 bridgehead atoms. The zero-order valence-electron chi connectivity index (χ0n) is 13.8. The summed E-state index contributed by atoms with van der Waals surface area (Å²) in [7, 11) is 0. The van der Waals surface area contributed by atoms with Crippen molar-refractivity contribution in [1.82, 2.24) is 10.6 Å². The van der Waals surface area contributed by atoms with Crippen LogP contribution >= 0.6 is 27.5 Å². The van der Waals surface area contributed by atoms with Crippen molar-refractivity contribution in [3.05, 3.63) is 74.9 Å². The van der Waals surface area contributed by atoms with E-state index in [0.29, 0.717) is 33.6 Å². The number of halogens is 2. The normalized spacial score (nSPS) is 11.1. The Kier molecular flexibility index (Phi) is 7.84. The van der Waals surface area contributed by atoms with E-state index in [-0.39, 0.29) is 12.3 Å². The molecule has 0 fully saturated rings. The summed E-state index contributed by atoms with van der Waals surface area (Å²) in [6.07, 6.45) is 2.00. The molecule has 2 amide bonds. The fraction of sp³-hybridized carbons (Fsp3) is 0.158. The standard InChI is InChI=1S/C19H18BrClN2O3/c20-16-5-2-1-4-15(16)18(25)23-17(19(26)22-10-3-11-24)12-13-6-8-14(21)9-7-13/h1-2,4-9,12,24H,3,10-11H2,(H,22,26)(H,23,25). The maximum Gasteiger partial charge on any atom is 0.267 e. The first-order valence-electron chi connectivity index (χ1n) is 7.93. The summed E-state index contributed by atoms with van der Waals surface area (Å²) in [6, 6.07) is 13.8. The highest BCUT2D eigenvalue weighted by atomic mass is 79.9. The number of carbonyl (C=O) groups is 2. The average molecular weight is 438 g/mol. The summed E-state index contributed by atoms with van der Waals surface area (Å²) in [5.41, 5.74) is 1.23. The second kappa shape index (κ2) is 10.1. The quantitative estimate of drug-likeness (QED) is 0.459. The Morgan fingerprint density at radius 3 is 2.46 bits per heavy atom. The van der Waals surface area contributed by atoms with Crippen molar-refractivity contribution in [2.24, 2.45) is 0 Å². The Hall–Kier alpha value is -2.15. The topological polar surface area (TPSA) is 78.4 Å². The zero-order chi connectivity index (χ0) is 18.9. The van der Waals surface area contributed by atoms with Gasteiger partial charge in [-0.25, -0.2) is 0 Å². The van der Waals surface area contributed by atoms with Gasteiger partial charge in [-0.05, 0) is 58.3 Å². The lowest BCUT2D eigenvalue weighted by atomic mass is 10.1. The Balaban J connectivity index is 2.25. The summed E-state index contributed by atoms with van der Waals surface area (Å²) in [5, 5.41) is 14.7. The van der Waals surface area contributed by atoms with Crippen molar-refractivity contribution in [2.45, 2.75) is 6.42 Å². The van der Waals surface area contributed by atoms with Gasteiger partial charge < -0.3 is 15.7 Å². The minimum absolute atomic E-state index is 0.0279. The van der Waals surface area contributed by atoms with E-state index in [2.05, 4.69) is 26.6 Å². The molecule has 0 saturated carbocycles. The second-order valence-electron chi connectivity index (χ2n) is 5.38. The van der Waals surface area contributed by atoms with Gasteiger partial charge >= 0.3 is 0 Å². The van der Waals surface area contributed by atoms with Gasteiger partial charge in [-0.15, -0.1) is 0 Å². The molecule has 0 aliphatic rings.